The number of benzene rings is 2. The Morgan fingerprint density at radius 1 is 1.05 bits per heavy atom. The van der Waals surface area contributed by atoms with Gasteiger partial charge >= 0.3 is 5.97 Å². The molecule has 0 saturated carbocycles. The number of carboxylic acid groups (broad SMARTS) is 1. The van der Waals surface area contributed by atoms with Crippen molar-refractivity contribution in [3.05, 3.63) is 71.0 Å². The number of aryl methyl sites for hydroxylation is 1. The van der Waals surface area contributed by atoms with Crippen molar-refractivity contribution in [1.82, 2.24) is 0 Å². The zero-order valence-electron chi connectivity index (χ0n) is 12.1. The molecule has 21 heavy (non-hydrogen) atoms. The van der Waals surface area contributed by atoms with Crippen LogP contribution in [0.5, 0.6) is 0 Å². The Hall–Kier alpha value is -2.16. The summed E-state index contributed by atoms with van der Waals surface area (Å²) in [5.74, 6) is -1.85. The molecule has 1 unspecified atom stereocenters. The van der Waals surface area contributed by atoms with Gasteiger partial charge in [0.15, 0.2) is 0 Å². The molecule has 2 aromatic carbocycles. The lowest BCUT2D eigenvalue weighted by atomic mass is 9.92. The minimum atomic E-state index is -0.891. The van der Waals surface area contributed by atoms with Crippen LogP contribution in [0.15, 0.2) is 48.5 Å². The SMILES string of the molecule is CCc1ccc(CC(Cc2ccccc2F)C(=O)O)cc1. The molecule has 0 saturated heterocycles. The van der Waals surface area contributed by atoms with Crippen LogP contribution in [0.3, 0.4) is 0 Å². The summed E-state index contributed by atoms with van der Waals surface area (Å²) in [5, 5.41) is 9.37. The molecule has 1 atom stereocenters. The van der Waals surface area contributed by atoms with Gasteiger partial charge in [-0.3, -0.25) is 4.79 Å². The minimum Gasteiger partial charge on any atom is -0.481 e. The molecule has 0 aromatic heterocycles. The summed E-state index contributed by atoms with van der Waals surface area (Å²) in [4.78, 5) is 11.4. The van der Waals surface area contributed by atoms with Gasteiger partial charge in [-0.15, -0.1) is 0 Å². The lowest BCUT2D eigenvalue weighted by molar-refractivity contribution is -0.141. The van der Waals surface area contributed by atoms with Gasteiger partial charge in [-0.1, -0.05) is 49.4 Å². The molecule has 2 nitrogen and oxygen atoms in total. The van der Waals surface area contributed by atoms with Crippen LogP contribution in [-0.2, 0) is 24.1 Å². The molecule has 0 radical (unpaired) electrons. The van der Waals surface area contributed by atoms with Crippen molar-refractivity contribution in [2.45, 2.75) is 26.2 Å². The lowest BCUT2D eigenvalue weighted by Crippen LogP contribution is -2.19. The quantitative estimate of drug-likeness (QED) is 0.875. The first-order valence-corrected chi connectivity index (χ1v) is 7.14. The minimum absolute atomic E-state index is 0.206. The van der Waals surface area contributed by atoms with Gasteiger partial charge in [-0.25, -0.2) is 4.39 Å². The third-order valence-corrected chi connectivity index (χ3v) is 3.69. The normalized spacial score (nSPS) is 12.1. The molecule has 0 aliphatic carbocycles. The number of aliphatic carboxylic acids is 1. The highest BCUT2D eigenvalue weighted by Gasteiger charge is 2.20. The van der Waals surface area contributed by atoms with Gasteiger partial charge in [-0.05, 0) is 42.0 Å². The standard InChI is InChI=1S/C18H19FO2/c1-2-13-7-9-14(10-8-13)11-16(18(20)21)12-15-5-3-4-6-17(15)19/h3-10,16H,2,11-12H2,1H3,(H,20,21). The predicted molar refractivity (Wildman–Crippen MR) is 80.8 cm³/mol. The molecule has 0 aliphatic rings. The van der Waals surface area contributed by atoms with E-state index < -0.39 is 11.9 Å². The Labute approximate surface area is 124 Å². The van der Waals surface area contributed by atoms with Crippen LogP contribution in [0.2, 0.25) is 0 Å². The first-order valence-electron chi connectivity index (χ1n) is 7.14. The summed E-state index contributed by atoms with van der Waals surface area (Å²) in [5.41, 5.74) is 2.64. The van der Waals surface area contributed by atoms with Crippen molar-refractivity contribution in [3.63, 3.8) is 0 Å². The summed E-state index contributed by atoms with van der Waals surface area (Å²) in [6.45, 7) is 2.08. The maximum absolute atomic E-state index is 13.7. The molecule has 0 heterocycles. The third-order valence-electron chi connectivity index (χ3n) is 3.69. The summed E-state index contributed by atoms with van der Waals surface area (Å²) in [6.07, 6.45) is 1.57. The van der Waals surface area contributed by atoms with Gasteiger partial charge in [0.25, 0.3) is 0 Å². The van der Waals surface area contributed by atoms with Crippen LogP contribution >= 0.6 is 0 Å². The average molecular weight is 286 g/mol. The van der Waals surface area contributed by atoms with E-state index in [2.05, 4.69) is 6.92 Å². The zero-order valence-corrected chi connectivity index (χ0v) is 12.1. The highest BCUT2D eigenvalue weighted by Crippen LogP contribution is 2.18. The smallest absolute Gasteiger partial charge is 0.307 e. The molecular formula is C18H19FO2. The Bertz CT molecular complexity index is 605. The third kappa shape index (κ3) is 4.15. The Morgan fingerprint density at radius 3 is 2.24 bits per heavy atom. The average Bonchev–Trinajstić information content (AvgIpc) is 2.49. The number of rotatable bonds is 6. The molecule has 2 aromatic rings. The number of carboxylic acids is 1. The summed E-state index contributed by atoms with van der Waals surface area (Å²) < 4.78 is 13.7. The number of halogens is 1. The summed E-state index contributed by atoms with van der Waals surface area (Å²) >= 11 is 0. The molecule has 1 N–H and O–H groups in total. The number of hydrogen-bond donors (Lipinski definition) is 1. The van der Waals surface area contributed by atoms with Crippen molar-refractivity contribution < 1.29 is 14.3 Å². The first kappa shape index (κ1) is 15.2. The predicted octanol–water partition coefficient (Wildman–Crippen LogP) is 3.87. The zero-order chi connectivity index (χ0) is 15.2. The van der Waals surface area contributed by atoms with Crippen molar-refractivity contribution in [2.24, 2.45) is 5.92 Å². The van der Waals surface area contributed by atoms with Crippen LogP contribution in [-0.4, -0.2) is 11.1 Å². The maximum atomic E-state index is 13.7. The number of carbonyl (C=O) groups is 1. The van der Waals surface area contributed by atoms with E-state index in [9.17, 15) is 14.3 Å². The highest BCUT2D eigenvalue weighted by molar-refractivity contribution is 5.70. The molecule has 0 spiro atoms. The van der Waals surface area contributed by atoms with E-state index in [-0.39, 0.29) is 12.2 Å². The molecule has 0 amide bonds. The van der Waals surface area contributed by atoms with E-state index in [4.69, 9.17) is 0 Å². The second-order valence-corrected chi connectivity index (χ2v) is 5.20. The van der Waals surface area contributed by atoms with Crippen LogP contribution in [0.25, 0.3) is 0 Å². The van der Waals surface area contributed by atoms with E-state index in [1.165, 1.54) is 11.6 Å². The van der Waals surface area contributed by atoms with Crippen LogP contribution in [0.4, 0.5) is 4.39 Å². The largest absolute Gasteiger partial charge is 0.481 e. The first-order chi connectivity index (χ1) is 10.1. The lowest BCUT2D eigenvalue weighted by Gasteiger charge is -2.13. The Morgan fingerprint density at radius 2 is 1.67 bits per heavy atom. The van der Waals surface area contributed by atoms with Gasteiger partial charge < -0.3 is 5.11 Å². The van der Waals surface area contributed by atoms with Gasteiger partial charge in [0, 0.05) is 0 Å². The van der Waals surface area contributed by atoms with Crippen molar-refractivity contribution in [2.75, 3.05) is 0 Å². The van der Waals surface area contributed by atoms with Gasteiger partial charge in [-0.2, -0.15) is 0 Å². The van der Waals surface area contributed by atoms with Crippen LogP contribution in [0.1, 0.15) is 23.6 Å². The number of hydrogen-bond acceptors (Lipinski definition) is 1. The molecule has 110 valence electrons. The monoisotopic (exact) mass is 286 g/mol. The molecule has 2 rings (SSSR count). The fraction of sp³-hybridized carbons (Fsp3) is 0.278. The van der Waals surface area contributed by atoms with Crippen molar-refractivity contribution >= 4 is 5.97 Å². The molecular weight excluding hydrogens is 267 g/mol. The van der Waals surface area contributed by atoms with E-state index in [0.717, 1.165) is 12.0 Å². The molecule has 0 aliphatic heterocycles. The summed E-state index contributed by atoms with van der Waals surface area (Å²) in [7, 11) is 0. The topological polar surface area (TPSA) is 37.3 Å². The molecule has 0 fully saturated rings. The van der Waals surface area contributed by atoms with Crippen LogP contribution in [0, 0.1) is 11.7 Å². The van der Waals surface area contributed by atoms with E-state index in [1.807, 2.05) is 24.3 Å². The fourth-order valence-corrected chi connectivity index (χ4v) is 2.37. The van der Waals surface area contributed by atoms with Gasteiger partial charge in [0.05, 0.1) is 5.92 Å². The molecule has 3 heteroatoms. The Balaban J connectivity index is 2.12. The second-order valence-electron chi connectivity index (χ2n) is 5.20. The Kier molecular flexibility index (Phi) is 5.09. The van der Waals surface area contributed by atoms with E-state index >= 15 is 0 Å². The fourth-order valence-electron chi connectivity index (χ4n) is 2.37. The maximum Gasteiger partial charge on any atom is 0.307 e. The van der Waals surface area contributed by atoms with Crippen LogP contribution < -0.4 is 0 Å². The van der Waals surface area contributed by atoms with Gasteiger partial charge in [0.2, 0.25) is 0 Å². The molecule has 0 bridgehead atoms. The summed E-state index contributed by atoms with van der Waals surface area (Å²) in [6, 6.07) is 14.3. The van der Waals surface area contributed by atoms with E-state index in [0.29, 0.717) is 12.0 Å². The van der Waals surface area contributed by atoms with Crippen molar-refractivity contribution in [3.8, 4) is 0 Å². The van der Waals surface area contributed by atoms with Crippen molar-refractivity contribution in [1.29, 1.82) is 0 Å². The van der Waals surface area contributed by atoms with E-state index in [1.54, 1.807) is 18.2 Å². The van der Waals surface area contributed by atoms with Gasteiger partial charge in [0.1, 0.15) is 5.82 Å². The highest BCUT2D eigenvalue weighted by atomic mass is 19.1. The second kappa shape index (κ2) is 7.02.